The van der Waals surface area contributed by atoms with Gasteiger partial charge in [0, 0.05) is 32.7 Å². The maximum Gasteiger partial charge on any atom is 0.146 e. The van der Waals surface area contributed by atoms with Crippen molar-refractivity contribution in [3.05, 3.63) is 30.1 Å². The lowest BCUT2D eigenvalue weighted by Gasteiger charge is -2.43. The van der Waals surface area contributed by atoms with Crippen LogP contribution >= 0.6 is 0 Å². The lowest BCUT2D eigenvalue weighted by molar-refractivity contribution is -0.113. The topological polar surface area (TPSA) is 35.9 Å². The van der Waals surface area contributed by atoms with Crippen LogP contribution in [0.25, 0.3) is 0 Å². The number of rotatable bonds is 6. The molecule has 1 aromatic carbocycles. The Morgan fingerprint density at radius 1 is 1.18 bits per heavy atom. The monoisotopic (exact) mass is 390 g/mol. The van der Waals surface area contributed by atoms with Gasteiger partial charge < -0.3 is 14.7 Å². The van der Waals surface area contributed by atoms with Crippen LogP contribution in [0.4, 0.5) is 10.1 Å². The summed E-state index contributed by atoms with van der Waals surface area (Å²) in [5.41, 5.74) is 1.16. The number of hydrogen-bond acceptors (Lipinski definition) is 4. The predicted molar refractivity (Wildman–Crippen MR) is 110 cm³/mol. The Hall–Kier alpha value is -1.17. The summed E-state index contributed by atoms with van der Waals surface area (Å²) in [6.45, 7) is 11.3. The van der Waals surface area contributed by atoms with Crippen molar-refractivity contribution in [3.8, 4) is 0 Å². The molecule has 1 aromatic rings. The predicted octanol–water partition coefficient (Wildman–Crippen LogP) is 3.54. The van der Waals surface area contributed by atoms with Gasteiger partial charge >= 0.3 is 0 Å². The van der Waals surface area contributed by atoms with Gasteiger partial charge in [0.05, 0.1) is 24.5 Å². The van der Waals surface area contributed by atoms with E-state index >= 15 is 0 Å². The molecule has 1 aliphatic heterocycles. The largest absolute Gasteiger partial charge is 0.389 e. The molecule has 2 saturated carbocycles. The summed E-state index contributed by atoms with van der Waals surface area (Å²) in [7, 11) is 0. The van der Waals surface area contributed by atoms with Crippen LogP contribution in [0.3, 0.4) is 0 Å². The molecule has 28 heavy (non-hydrogen) atoms. The van der Waals surface area contributed by atoms with Crippen LogP contribution in [-0.4, -0.2) is 61.5 Å². The van der Waals surface area contributed by atoms with Crippen molar-refractivity contribution in [2.45, 2.75) is 52.2 Å². The number of para-hydroxylation sites is 1. The fourth-order valence-corrected chi connectivity index (χ4v) is 6.11. The van der Waals surface area contributed by atoms with Gasteiger partial charge in [-0.2, -0.15) is 0 Å². The molecule has 4 nitrogen and oxygen atoms in total. The highest BCUT2D eigenvalue weighted by Crippen LogP contribution is 2.63. The molecule has 3 aliphatic rings. The molecule has 3 fully saturated rings. The van der Waals surface area contributed by atoms with Gasteiger partial charge in [-0.05, 0) is 48.1 Å². The molecule has 5 heteroatoms. The Kier molecular flexibility index (Phi) is 5.45. The molecule has 0 spiro atoms. The molecular formula is C23H35FN2O2. The summed E-state index contributed by atoms with van der Waals surface area (Å²) in [4.78, 5) is 4.35. The molecule has 1 saturated heterocycles. The van der Waals surface area contributed by atoms with Gasteiger partial charge in [-0.15, -0.1) is 0 Å². The number of fused-ring (bicyclic) bond motifs is 2. The zero-order valence-electron chi connectivity index (χ0n) is 17.5. The van der Waals surface area contributed by atoms with E-state index in [9.17, 15) is 9.50 Å². The fraction of sp³-hybridized carbons (Fsp3) is 0.739. The van der Waals surface area contributed by atoms with Gasteiger partial charge in [-0.1, -0.05) is 32.9 Å². The molecule has 156 valence electrons. The molecule has 1 heterocycles. The maximum atomic E-state index is 14.0. The number of aliphatic hydroxyl groups excluding tert-OH is 1. The Morgan fingerprint density at radius 3 is 2.54 bits per heavy atom. The first-order chi connectivity index (χ1) is 13.3. The highest BCUT2D eigenvalue weighted by Gasteiger charge is 2.60. The van der Waals surface area contributed by atoms with Crippen molar-refractivity contribution >= 4 is 5.69 Å². The Morgan fingerprint density at radius 2 is 1.89 bits per heavy atom. The molecular weight excluding hydrogens is 355 g/mol. The third kappa shape index (κ3) is 3.69. The molecule has 0 radical (unpaired) electrons. The number of hydrogen-bond donors (Lipinski definition) is 1. The first-order valence-electron chi connectivity index (χ1n) is 10.8. The van der Waals surface area contributed by atoms with E-state index in [0.717, 1.165) is 32.1 Å². The summed E-state index contributed by atoms with van der Waals surface area (Å²) >= 11 is 0. The third-order valence-corrected chi connectivity index (χ3v) is 7.63. The van der Waals surface area contributed by atoms with Crippen molar-refractivity contribution < 1.29 is 14.2 Å². The second-order valence-corrected chi connectivity index (χ2v) is 10.0. The minimum atomic E-state index is -0.474. The Labute approximate surface area is 168 Å². The van der Waals surface area contributed by atoms with E-state index < -0.39 is 6.10 Å². The second-order valence-electron chi connectivity index (χ2n) is 10.0. The molecule has 0 aromatic heterocycles. The Balaban J connectivity index is 1.24. The van der Waals surface area contributed by atoms with Gasteiger partial charge in [0.15, 0.2) is 0 Å². The number of ether oxygens (including phenoxy) is 1. The van der Waals surface area contributed by atoms with Crippen LogP contribution in [-0.2, 0) is 4.74 Å². The first-order valence-corrected chi connectivity index (χ1v) is 10.8. The van der Waals surface area contributed by atoms with Crippen molar-refractivity contribution in [3.63, 3.8) is 0 Å². The van der Waals surface area contributed by atoms with Gasteiger partial charge in [-0.25, -0.2) is 4.39 Å². The van der Waals surface area contributed by atoms with Crippen molar-refractivity contribution in [2.75, 3.05) is 44.2 Å². The number of benzene rings is 1. The quantitative estimate of drug-likeness (QED) is 0.806. The number of aliphatic hydroxyl groups is 1. The highest BCUT2D eigenvalue weighted by molar-refractivity contribution is 5.47. The number of nitrogens with zero attached hydrogens (tertiary/aromatic N) is 2. The van der Waals surface area contributed by atoms with Crippen LogP contribution in [0.2, 0.25) is 0 Å². The van der Waals surface area contributed by atoms with E-state index in [1.165, 1.54) is 25.3 Å². The summed E-state index contributed by atoms with van der Waals surface area (Å²) in [5, 5.41) is 10.6. The molecule has 4 atom stereocenters. The van der Waals surface area contributed by atoms with Crippen molar-refractivity contribution in [1.29, 1.82) is 0 Å². The minimum absolute atomic E-state index is 0.161. The van der Waals surface area contributed by atoms with E-state index in [4.69, 9.17) is 4.74 Å². The Bertz CT molecular complexity index is 684. The first kappa shape index (κ1) is 20.1. The summed E-state index contributed by atoms with van der Waals surface area (Å²) in [6.07, 6.45) is 3.60. The van der Waals surface area contributed by atoms with Crippen molar-refractivity contribution in [2.24, 2.45) is 16.7 Å². The normalized spacial score (nSPS) is 33.4. The lowest BCUT2D eigenvalue weighted by atomic mass is 9.70. The third-order valence-electron chi connectivity index (χ3n) is 7.63. The number of halogens is 1. The van der Waals surface area contributed by atoms with Gasteiger partial charge in [0.2, 0.25) is 0 Å². The van der Waals surface area contributed by atoms with Crippen LogP contribution in [0.15, 0.2) is 24.3 Å². The van der Waals surface area contributed by atoms with E-state index in [1.54, 1.807) is 6.07 Å². The molecule has 0 unspecified atom stereocenters. The van der Waals surface area contributed by atoms with E-state index in [1.807, 2.05) is 12.1 Å². The van der Waals surface area contributed by atoms with Crippen LogP contribution in [0, 0.1) is 22.6 Å². The fourth-order valence-electron chi connectivity index (χ4n) is 6.11. The van der Waals surface area contributed by atoms with Gasteiger partial charge in [0.25, 0.3) is 0 Å². The average molecular weight is 391 g/mol. The summed E-state index contributed by atoms with van der Waals surface area (Å²) < 4.78 is 20.3. The number of anilines is 1. The summed E-state index contributed by atoms with van der Waals surface area (Å²) in [5.74, 6) is 0.595. The van der Waals surface area contributed by atoms with Crippen molar-refractivity contribution in [1.82, 2.24) is 4.90 Å². The lowest BCUT2D eigenvalue weighted by Crippen LogP contribution is -2.50. The van der Waals surface area contributed by atoms with E-state index in [2.05, 4.69) is 30.6 Å². The molecule has 2 aliphatic carbocycles. The SMILES string of the molecule is CC1(C)[C@H]2CC[C@@](C)(C2)[C@@H]1OC[C@H](O)CN1CCN(c2ccccc2F)CC1. The minimum Gasteiger partial charge on any atom is -0.389 e. The standard InChI is InChI=1S/C23H35FN2O2/c1-22(2)17-8-9-23(3,14-17)21(22)28-16-18(27)15-25-10-12-26(13-11-25)20-7-5-4-6-19(20)24/h4-7,17-18,21,27H,8-16H2,1-3H3/t17-,18+,21+,23-/m0/s1. The maximum absolute atomic E-state index is 14.0. The van der Waals surface area contributed by atoms with Crippen LogP contribution in [0.1, 0.15) is 40.0 Å². The molecule has 1 N–H and O–H groups in total. The second kappa shape index (κ2) is 7.58. The highest BCUT2D eigenvalue weighted by atomic mass is 19.1. The average Bonchev–Trinajstić information content (AvgIpc) is 3.14. The zero-order valence-corrected chi connectivity index (χ0v) is 17.5. The molecule has 2 bridgehead atoms. The van der Waals surface area contributed by atoms with Gasteiger partial charge in [-0.3, -0.25) is 4.90 Å². The van der Waals surface area contributed by atoms with Crippen LogP contribution < -0.4 is 4.90 Å². The smallest absolute Gasteiger partial charge is 0.146 e. The summed E-state index contributed by atoms with van der Waals surface area (Å²) in [6, 6.07) is 6.96. The number of β-amino-alcohol motifs (C(OH)–C–C–N with tert-alkyl or cyclic N) is 1. The van der Waals surface area contributed by atoms with E-state index in [0.29, 0.717) is 18.8 Å². The number of piperazine rings is 1. The van der Waals surface area contributed by atoms with E-state index in [-0.39, 0.29) is 22.8 Å². The van der Waals surface area contributed by atoms with Crippen LogP contribution in [0.5, 0.6) is 0 Å². The zero-order chi connectivity index (χ0) is 19.9. The molecule has 4 rings (SSSR count). The molecule has 0 amide bonds. The van der Waals surface area contributed by atoms with Gasteiger partial charge in [0.1, 0.15) is 5.82 Å².